The fourth-order valence-corrected chi connectivity index (χ4v) is 5.20. The lowest BCUT2D eigenvalue weighted by molar-refractivity contribution is -0.274. The molecule has 1 amide bonds. The number of aromatic nitrogens is 2. The first-order chi connectivity index (χ1) is 15.9. The molecule has 9 heteroatoms. The number of nitrogens with one attached hydrogen (secondary N) is 2. The molecule has 1 aliphatic carbocycles. The molecule has 4 rings (SSSR count). The highest BCUT2D eigenvalue weighted by Gasteiger charge is 2.35. The molecule has 182 valence electrons. The molecule has 1 aromatic heterocycles. The number of hydrogen-bond acceptors (Lipinski definition) is 4. The van der Waals surface area contributed by atoms with E-state index in [0.29, 0.717) is 28.6 Å². The van der Waals surface area contributed by atoms with Crippen LogP contribution in [0.25, 0.3) is 11.0 Å². The smallest absolute Gasteiger partial charge is 0.406 e. The maximum absolute atomic E-state index is 12.5. The van der Waals surface area contributed by atoms with Gasteiger partial charge in [-0.1, -0.05) is 20.8 Å². The summed E-state index contributed by atoms with van der Waals surface area (Å²) in [6, 6.07) is 11.2. The highest BCUT2D eigenvalue weighted by atomic mass is 19.4. The third kappa shape index (κ3) is 5.29. The van der Waals surface area contributed by atoms with Gasteiger partial charge in [0.2, 0.25) is 5.95 Å². The normalized spacial score (nSPS) is 20.2. The van der Waals surface area contributed by atoms with Crippen LogP contribution in [0.5, 0.6) is 5.75 Å². The van der Waals surface area contributed by atoms with E-state index >= 15 is 0 Å². The number of hydrogen-bond donors (Lipinski definition) is 2. The van der Waals surface area contributed by atoms with E-state index in [1.807, 2.05) is 6.07 Å². The van der Waals surface area contributed by atoms with Crippen LogP contribution in [-0.4, -0.2) is 28.9 Å². The van der Waals surface area contributed by atoms with Gasteiger partial charge in [-0.05, 0) is 73.1 Å². The molecule has 0 aliphatic heterocycles. The van der Waals surface area contributed by atoms with E-state index in [-0.39, 0.29) is 23.1 Å². The van der Waals surface area contributed by atoms with E-state index in [2.05, 4.69) is 40.7 Å². The van der Waals surface area contributed by atoms with Gasteiger partial charge in [0.25, 0.3) is 5.91 Å². The molecule has 6 nitrogen and oxygen atoms in total. The van der Waals surface area contributed by atoms with Gasteiger partial charge in [-0.25, -0.2) is 4.98 Å². The monoisotopic (exact) mass is 474 g/mol. The average Bonchev–Trinajstić information content (AvgIpc) is 3.09. The number of anilines is 2. The number of amides is 1. The Morgan fingerprint density at radius 3 is 2.47 bits per heavy atom. The summed E-state index contributed by atoms with van der Waals surface area (Å²) in [5.41, 5.74) is 2.84. The van der Waals surface area contributed by atoms with Gasteiger partial charge in [0.15, 0.2) is 0 Å². The first kappa shape index (κ1) is 23.9. The molecule has 1 heterocycles. The molecule has 0 bridgehead atoms. The predicted molar refractivity (Wildman–Crippen MR) is 125 cm³/mol. The van der Waals surface area contributed by atoms with Crippen molar-refractivity contribution in [3.8, 4) is 5.75 Å². The number of fused-ring (bicyclic) bond motifs is 1. The number of halogens is 3. The summed E-state index contributed by atoms with van der Waals surface area (Å²) < 4.78 is 43.6. The van der Waals surface area contributed by atoms with E-state index in [9.17, 15) is 18.0 Å². The number of nitrogens with zero attached hydrogens (tertiary/aromatic N) is 2. The van der Waals surface area contributed by atoms with Gasteiger partial charge in [0.05, 0.1) is 11.0 Å². The minimum atomic E-state index is -4.74. The van der Waals surface area contributed by atoms with Crippen molar-refractivity contribution in [3.63, 3.8) is 0 Å². The Balaban J connectivity index is 1.73. The van der Waals surface area contributed by atoms with E-state index < -0.39 is 6.36 Å². The Morgan fingerprint density at radius 1 is 1.15 bits per heavy atom. The third-order valence-corrected chi connectivity index (χ3v) is 6.25. The van der Waals surface area contributed by atoms with Crippen LogP contribution in [0.4, 0.5) is 24.8 Å². The molecule has 3 aromatic rings. The topological polar surface area (TPSA) is 68.2 Å². The van der Waals surface area contributed by atoms with Crippen LogP contribution in [0, 0.1) is 11.3 Å². The predicted octanol–water partition coefficient (Wildman–Crippen LogP) is 6.43. The Bertz CT molecular complexity index is 1190. The van der Waals surface area contributed by atoms with Crippen LogP contribution in [-0.2, 0) is 0 Å². The van der Waals surface area contributed by atoms with Crippen LogP contribution in [0.15, 0.2) is 42.5 Å². The molecular formula is C25H29F3N4O2. The minimum Gasteiger partial charge on any atom is -0.406 e. The number of carbonyl (C=O) groups excluding carboxylic acids is 1. The van der Waals surface area contributed by atoms with Crippen LogP contribution in [0.2, 0.25) is 0 Å². The number of ether oxygens (including phenoxy) is 1. The molecule has 1 aliphatic rings. The first-order valence-electron chi connectivity index (χ1n) is 11.3. The number of alkyl halides is 3. The quantitative estimate of drug-likeness (QED) is 0.447. The SMILES string of the molecule is CNC(=O)c1ccc2c(c1)nc(Nc1ccc(OC(F)(F)F)cc1)n2[C@H]1C[C@H](C)CC(C)(C)C1. The van der Waals surface area contributed by atoms with Crippen molar-refractivity contribution >= 4 is 28.6 Å². The maximum atomic E-state index is 12.5. The lowest BCUT2D eigenvalue weighted by Crippen LogP contribution is -2.29. The second-order valence-corrected chi connectivity index (χ2v) is 9.85. The standard InChI is InChI=1S/C25H29F3N4O2/c1-15-11-18(14-24(2,3)13-15)32-21-10-5-16(22(33)29-4)12-20(21)31-23(32)30-17-6-8-19(9-7-17)34-25(26,27)28/h5-10,12,15,18H,11,13-14H2,1-4H3,(H,29,33)(H,30,31)/t15-,18-/m0/s1. The zero-order chi connectivity index (χ0) is 24.7. The lowest BCUT2D eigenvalue weighted by atomic mass is 9.70. The van der Waals surface area contributed by atoms with E-state index in [1.54, 1.807) is 19.2 Å². The number of rotatable bonds is 5. The fraction of sp³-hybridized carbons (Fsp3) is 0.440. The van der Waals surface area contributed by atoms with Gasteiger partial charge in [-0.2, -0.15) is 0 Å². The molecule has 34 heavy (non-hydrogen) atoms. The number of imidazole rings is 1. The van der Waals surface area contributed by atoms with Gasteiger partial charge in [0, 0.05) is 24.3 Å². The molecule has 2 atom stereocenters. The zero-order valence-electron chi connectivity index (χ0n) is 19.7. The molecule has 1 saturated carbocycles. The average molecular weight is 475 g/mol. The summed E-state index contributed by atoms with van der Waals surface area (Å²) in [5, 5.41) is 5.90. The van der Waals surface area contributed by atoms with Crippen molar-refractivity contribution in [1.82, 2.24) is 14.9 Å². The molecule has 0 spiro atoms. The Kier molecular flexibility index (Phi) is 6.22. The van der Waals surface area contributed by atoms with Crippen LogP contribution in [0.3, 0.4) is 0 Å². The van der Waals surface area contributed by atoms with E-state index in [0.717, 1.165) is 24.8 Å². The summed E-state index contributed by atoms with van der Waals surface area (Å²) >= 11 is 0. The fourth-order valence-electron chi connectivity index (χ4n) is 5.20. The van der Waals surface area contributed by atoms with Gasteiger partial charge < -0.3 is 19.9 Å². The molecule has 2 aromatic carbocycles. The lowest BCUT2D eigenvalue weighted by Gasteiger charge is -2.40. The third-order valence-electron chi connectivity index (χ3n) is 6.25. The molecule has 0 unspecified atom stereocenters. The molecular weight excluding hydrogens is 445 g/mol. The first-order valence-corrected chi connectivity index (χ1v) is 11.3. The second kappa shape index (κ2) is 8.85. The van der Waals surface area contributed by atoms with Gasteiger partial charge >= 0.3 is 6.36 Å². The Hall–Kier alpha value is -3.23. The summed E-state index contributed by atoms with van der Waals surface area (Å²) in [5.74, 6) is 0.634. The highest BCUT2D eigenvalue weighted by molar-refractivity contribution is 5.97. The van der Waals surface area contributed by atoms with Crippen molar-refractivity contribution in [2.24, 2.45) is 11.3 Å². The summed E-state index contributed by atoms with van der Waals surface area (Å²) in [4.78, 5) is 16.9. The van der Waals surface area contributed by atoms with E-state index in [4.69, 9.17) is 4.98 Å². The van der Waals surface area contributed by atoms with Gasteiger partial charge in [-0.15, -0.1) is 13.2 Å². The minimum absolute atomic E-state index is 0.162. The number of benzene rings is 2. The molecule has 1 fully saturated rings. The maximum Gasteiger partial charge on any atom is 0.573 e. The largest absolute Gasteiger partial charge is 0.573 e. The van der Waals surface area contributed by atoms with Crippen molar-refractivity contribution in [2.45, 2.75) is 52.4 Å². The van der Waals surface area contributed by atoms with Crippen LogP contribution in [0.1, 0.15) is 56.4 Å². The zero-order valence-corrected chi connectivity index (χ0v) is 19.7. The Labute approximate surface area is 196 Å². The Morgan fingerprint density at radius 2 is 1.85 bits per heavy atom. The van der Waals surface area contributed by atoms with Crippen LogP contribution < -0.4 is 15.4 Å². The van der Waals surface area contributed by atoms with Crippen LogP contribution >= 0.6 is 0 Å². The van der Waals surface area contributed by atoms with Gasteiger partial charge in [0.1, 0.15) is 5.75 Å². The molecule has 0 saturated heterocycles. The van der Waals surface area contributed by atoms with Crippen molar-refractivity contribution in [3.05, 3.63) is 48.0 Å². The van der Waals surface area contributed by atoms with Crippen molar-refractivity contribution in [1.29, 1.82) is 0 Å². The van der Waals surface area contributed by atoms with Crippen molar-refractivity contribution < 1.29 is 22.7 Å². The highest BCUT2D eigenvalue weighted by Crippen LogP contribution is 2.46. The molecule has 2 N–H and O–H groups in total. The van der Waals surface area contributed by atoms with E-state index in [1.165, 1.54) is 24.3 Å². The van der Waals surface area contributed by atoms with Crippen molar-refractivity contribution in [2.75, 3.05) is 12.4 Å². The van der Waals surface area contributed by atoms with Gasteiger partial charge in [-0.3, -0.25) is 4.79 Å². The summed E-state index contributed by atoms with van der Waals surface area (Å²) in [6.07, 6.45) is -1.65. The second-order valence-electron chi connectivity index (χ2n) is 9.85. The number of carbonyl (C=O) groups is 1. The summed E-state index contributed by atoms with van der Waals surface area (Å²) in [6.45, 7) is 6.79. The summed E-state index contributed by atoms with van der Waals surface area (Å²) in [7, 11) is 1.58. The molecule has 0 radical (unpaired) electrons.